The summed E-state index contributed by atoms with van der Waals surface area (Å²) in [5.74, 6) is -1.46. The molecular formula is C16H21NO9. The number of rotatable bonds is 6. The molecule has 1 aliphatic heterocycles. The average Bonchev–Trinajstić information content (AvgIpc) is 2.60. The normalized spacial score (nSPS) is 28.3. The van der Waals surface area contributed by atoms with Crippen LogP contribution in [0.2, 0.25) is 0 Å². The molecule has 5 N–H and O–H groups in total. The number of hydrogen-bond acceptors (Lipinski definition) is 8. The number of carbonyl (C=O) groups excluding carboxylic acids is 1. The summed E-state index contributed by atoms with van der Waals surface area (Å²) in [6.07, 6.45) is -5.30. The van der Waals surface area contributed by atoms with Gasteiger partial charge in [0.1, 0.15) is 24.4 Å². The number of carboxylic acid groups (broad SMARTS) is 1. The van der Waals surface area contributed by atoms with Crippen molar-refractivity contribution in [2.24, 2.45) is 0 Å². The Labute approximate surface area is 148 Å². The Morgan fingerprint density at radius 3 is 2.46 bits per heavy atom. The lowest BCUT2D eigenvalue weighted by molar-refractivity contribution is -0.244. The van der Waals surface area contributed by atoms with Gasteiger partial charge in [-0.2, -0.15) is 0 Å². The van der Waals surface area contributed by atoms with Gasteiger partial charge in [-0.15, -0.1) is 0 Å². The van der Waals surface area contributed by atoms with Crippen LogP contribution >= 0.6 is 0 Å². The molecule has 1 saturated heterocycles. The fourth-order valence-corrected chi connectivity index (χ4v) is 2.59. The lowest BCUT2D eigenvalue weighted by atomic mass is 9.97. The van der Waals surface area contributed by atoms with E-state index in [0.717, 1.165) is 0 Å². The van der Waals surface area contributed by atoms with Gasteiger partial charge in [-0.3, -0.25) is 4.79 Å². The van der Waals surface area contributed by atoms with Gasteiger partial charge < -0.3 is 40.0 Å². The second-order valence-corrected chi connectivity index (χ2v) is 5.72. The number of hydrogen-bond donors (Lipinski definition) is 5. The molecule has 0 saturated carbocycles. The van der Waals surface area contributed by atoms with Gasteiger partial charge in [0.05, 0.1) is 19.3 Å². The van der Waals surface area contributed by atoms with Gasteiger partial charge in [0.15, 0.2) is 11.5 Å². The summed E-state index contributed by atoms with van der Waals surface area (Å²) in [5, 5.41) is 41.0. The van der Waals surface area contributed by atoms with Gasteiger partial charge in [0.25, 0.3) is 0 Å². The van der Waals surface area contributed by atoms with Gasteiger partial charge in [0.2, 0.25) is 12.2 Å². The standard InChI is InChI=1S/C16H21NO9/c1-7(19)17-12-14(21)13(20)11(6-18)26-16(12)25-9-4-3-8(15(22)23)5-10(9)24-2/h3-5,11-14,16,18,20-21H,6H2,1-2H3,(H,17,19)(H,22,23). The van der Waals surface area contributed by atoms with Crippen molar-refractivity contribution < 1.29 is 44.2 Å². The molecule has 1 aromatic rings. The number of carboxylic acids is 1. The Morgan fingerprint density at radius 1 is 1.23 bits per heavy atom. The first-order valence-corrected chi connectivity index (χ1v) is 7.76. The van der Waals surface area contributed by atoms with Crippen molar-refractivity contribution >= 4 is 11.9 Å². The number of benzene rings is 1. The van der Waals surface area contributed by atoms with Gasteiger partial charge in [0, 0.05) is 6.92 Å². The first-order chi connectivity index (χ1) is 12.3. The molecule has 0 aliphatic carbocycles. The maximum Gasteiger partial charge on any atom is 0.335 e. The lowest BCUT2D eigenvalue weighted by Gasteiger charge is -2.42. The topological polar surface area (TPSA) is 155 Å². The van der Waals surface area contributed by atoms with Crippen LogP contribution in [0.15, 0.2) is 18.2 Å². The SMILES string of the molecule is COc1cc(C(=O)O)ccc1OC1OC(CO)C(O)C(O)C1NC(C)=O. The molecule has 1 aromatic carbocycles. The predicted molar refractivity (Wildman–Crippen MR) is 85.9 cm³/mol. The molecule has 0 bridgehead atoms. The zero-order valence-electron chi connectivity index (χ0n) is 14.2. The maximum atomic E-state index is 11.4. The van der Waals surface area contributed by atoms with Crippen LogP contribution in [0.25, 0.3) is 0 Å². The van der Waals surface area contributed by atoms with Crippen LogP contribution < -0.4 is 14.8 Å². The van der Waals surface area contributed by atoms with Crippen LogP contribution in [0.1, 0.15) is 17.3 Å². The van der Waals surface area contributed by atoms with Crippen molar-refractivity contribution in [2.75, 3.05) is 13.7 Å². The van der Waals surface area contributed by atoms with E-state index in [-0.39, 0.29) is 17.1 Å². The number of nitrogens with one attached hydrogen (secondary N) is 1. The van der Waals surface area contributed by atoms with Crippen molar-refractivity contribution in [2.45, 2.75) is 37.6 Å². The number of aromatic carboxylic acids is 1. The highest BCUT2D eigenvalue weighted by Crippen LogP contribution is 2.32. The first kappa shape index (κ1) is 19.9. The number of ether oxygens (including phenoxy) is 3. The monoisotopic (exact) mass is 371 g/mol. The minimum Gasteiger partial charge on any atom is -0.493 e. The summed E-state index contributed by atoms with van der Waals surface area (Å²) in [6, 6.07) is 2.73. The molecular weight excluding hydrogens is 350 g/mol. The summed E-state index contributed by atoms with van der Waals surface area (Å²) < 4.78 is 16.2. The van der Waals surface area contributed by atoms with Crippen LogP contribution in [0.5, 0.6) is 11.5 Å². The van der Waals surface area contributed by atoms with Crippen LogP contribution in [-0.2, 0) is 9.53 Å². The second kappa shape index (κ2) is 8.32. The molecule has 1 aliphatic rings. The quantitative estimate of drug-likeness (QED) is 0.411. The zero-order valence-corrected chi connectivity index (χ0v) is 14.2. The molecule has 10 heteroatoms. The van der Waals surface area contributed by atoms with Crippen LogP contribution in [0, 0.1) is 0 Å². The fraction of sp³-hybridized carbons (Fsp3) is 0.500. The third kappa shape index (κ3) is 4.22. The van der Waals surface area contributed by atoms with E-state index in [0.29, 0.717) is 0 Å². The number of methoxy groups -OCH3 is 1. The summed E-state index contributed by atoms with van der Waals surface area (Å²) in [7, 11) is 1.32. The molecule has 1 amide bonds. The minimum absolute atomic E-state index is 0.0270. The van der Waals surface area contributed by atoms with Gasteiger partial charge in [-0.25, -0.2) is 4.79 Å². The van der Waals surface area contributed by atoms with Gasteiger partial charge in [-0.1, -0.05) is 0 Å². The maximum absolute atomic E-state index is 11.4. The molecule has 0 spiro atoms. The highest BCUT2D eigenvalue weighted by Gasteiger charge is 2.46. The van der Waals surface area contributed by atoms with Crippen molar-refractivity contribution in [3.05, 3.63) is 23.8 Å². The third-order valence-corrected chi connectivity index (χ3v) is 3.90. The largest absolute Gasteiger partial charge is 0.493 e. The number of aliphatic hydroxyl groups is 3. The highest BCUT2D eigenvalue weighted by atomic mass is 16.7. The molecule has 1 heterocycles. The molecule has 5 unspecified atom stereocenters. The van der Waals surface area contributed by atoms with E-state index in [4.69, 9.17) is 19.3 Å². The van der Waals surface area contributed by atoms with E-state index in [2.05, 4.69) is 5.32 Å². The number of aliphatic hydroxyl groups excluding tert-OH is 3. The van der Waals surface area contributed by atoms with Crippen molar-refractivity contribution in [1.29, 1.82) is 0 Å². The van der Waals surface area contributed by atoms with E-state index >= 15 is 0 Å². The molecule has 0 radical (unpaired) electrons. The Bertz CT molecular complexity index is 665. The van der Waals surface area contributed by atoms with Crippen molar-refractivity contribution in [3.63, 3.8) is 0 Å². The second-order valence-electron chi connectivity index (χ2n) is 5.72. The van der Waals surface area contributed by atoms with Crippen LogP contribution in [-0.4, -0.2) is 76.7 Å². The zero-order chi connectivity index (χ0) is 19.4. The smallest absolute Gasteiger partial charge is 0.335 e. The van der Waals surface area contributed by atoms with E-state index in [1.807, 2.05) is 0 Å². The average molecular weight is 371 g/mol. The number of carbonyl (C=O) groups is 2. The van der Waals surface area contributed by atoms with Crippen molar-refractivity contribution in [3.8, 4) is 11.5 Å². The Morgan fingerprint density at radius 2 is 1.92 bits per heavy atom. The molecule has 144 valence electrons. The highest BCUT2D eigenvalue weighted by molar-refractivity contribution is 5.88. The molecule has 1 fully saturated rings. The summed E-state index contributed by atoms with van der Waals surface area (Å²) >= 11 is 0. The van der Waals surface area contributed by atoms with Crippen LogP contribution in [0.4, 0.5) is 0 Å². The van der Waals surface area contributed by atoms with E-state index in [1.54, 1.807) is 0 Å². The lowest BCUT2D eigenvalue weighted by Crippen LogP contribution is -2.65. The van der Waals surface area contributed by atoms with Crippen molar-refractivity contribution in [1.82, 2.24) is 5.32 Å². The van der Waals surface area contributed by atoms with E-state index in [9.17, 15) is 24.9 Å². The van der Waals surface area contributed by atoms with Gasteiger partial charge in [-0.05, 0) is 18.2 Å². The molecule has 0 aromatic heterocycles. The van der Waals surface area contributed by atoms with E-state index < -0.39 is 49.1 Å². The summed E-state index contributed by atoms with van der Waals surface area (Å²) in [6.45, 7) is 0.635. The molecule has 10 nitrogen and oxygen atoms in total. The van der Waals surface area contributed by atoms with E-state index in [1.165, 1.54) is 32.2 Å². The van der Waals surface area contributed by atoms with Crippen LogP contribution in [0.3, 0.4) is 0 Å². The molecule has 5 atom stereocenters. The first-order valence-electron chi connectivity index (χ1n) is 7.76. The fourth-order valence-electron chi connectivity index (χ4n) is 2.59. The minimum atomic E-state index is -1.46. The third-order valence-electron chi connectivity index (χ3n) is 3.90. The summed E-state index contributed by atoms with van der Waals surface area (Å²) in [5.41, 5.74) is -0.0270. The number of amides is 1. The Kier molecular flexibility index (Phi) is 6.37. The Balaban J connectivity index is 2.31. The summed E-state index contributed by atoms with van der Waals surface area (Å²) in [4.78, 5) is 22.4. The predicted octanol–water partition coefficient (Wildman–Crippen LogP) is -1.28. The van der Waals surface area contributed by atoms with Gasteiger partial charge >= 0.3 is 5.97 Å². The Hall–Kier alpha value is -2.40. The molecule has 2 rings (SSSR count). The molecule has 26 heavy (non-hydrogen) atoms.